The van der Waals surface area contributed by atoms with Crippen LogP contribution in [0.15, 0.2) is 36.4 Å². The van der Waals surface area contributed by atoms with Gasteiger partial charge in [0.05, 0.1) is 0 Å². The van der Waals surface area contributed by atoms with Crippen LogP contribution in [0.3, 0.4) is 0 Å². The molecule has 2 aromatic carbocycles. The number of anilines is 1. The molecule has 0 bridgehead atoms. The molecule has 4 amide bonds. The molecule has 0 saturated carbocycles. The summed E-state index contributed by atoms with van der Waals surface area (Å²) in [6.07, 6.45) is 2.54. The van der Waals surface area contributed by atoms with E-state index in [0.29, 0.717) is 61.7 Å². The van der Waals surface area contributed by atoms with E-state index in [4.69, 9.17) is 27.9 Å². The molecule has 47 heavy (non-hydrogen) atoms. The molecule has 12 heteroatoms. The number of carbonyl (C=O) groups is 3. The quantitative estimate of drug-likeness (QED) is 0.421. The van der Waals surface area contributed by atoms with Crippen LogP contribution in [-0.4, -0.2) is 115 Å². The number of piperazine rings is 1. The van der Waals surface area contributed by atoms with Gasteiger partial charge in [0, 0.05) is 93.1 Å². The highest BCUT2D eigenvalue weighted by Gasteiger charge is 2.36. The second kappa shape index (κ2) is 15.9. The molecule has 0 unspecified atom stereocenters. The van der Waals surface area contributed by atoms with Crippen molar-refractivity contribution in [1.82, 2.24) is 24.9 Å². The van der Waals surface area contributed by atoms with Gasteiger partial charge in [0.1, 0.15) is 0 Å². The lowest BCUT2D eigenvalue weighted by Crippen LogP contribution is -2.54. The van der Waals surface area contributed by atoms with Gasteiger partial charge in [0.2, 0.25) is 0 Å². The van der Waals surface area contributed by atoms with E-state index in [9.17, 15) is 14.4 Å². The maximum absolute atomic E-state index is 14.0. The summed E-state index contributed by atoms with van der Waals surface area (Å²) in [7, 11) is 0. The highest BCUT2D eigenvalue weighted by Crippen LogP contribution is 2.28. The normalized spacial score (nSPS) is 20.5. The van der Waals surface area contributed by atoms with Crippen LogP contribution in [-0.2, 0) is 22.4 Å². The van der Waals surface area contributed by atoms with Crippen molar-refractivity contribution < 1.29 is 19.1 Å². The third-order valence-corrected chi connectivity index (χ3v) is 10.8. The van der Waals surface area contributed by atoms with Crippen molar-refractivity contribution in [2.24, 2.45) is 0 Å². The summed E-state index contributed by atoms with van der Waals surface area (Å²) < 4.78 is 6.02. The number of piperidine rings is 2. The van der Waals surface area contributed by atoms with Crippen LogP contribution in [0.2, 0.25) is 10.0 Å². The van der Waals surface area contributed by atoms with Gasteiger partial charge in [-0.15, -0.1) is 0 Å². The lowest BCUT2D eigenvalue weighted by atomic mass is 10.00. The molecule has 0 aliphatic carbocycles. The zero-order valence-electron chi connectivity index (χ0n) is 26.5. The van der Waals surface area contributed by atoms with E-state index in [1.807, 2.05) is 41.0 Å². The molecule has 6 rings (SSSR count). The van der Waals surface area contributed by atoms with Gasteiger partial charge >= 0.3 is 12.1 Å². The number of nitrogens with zero attached hydrogens (tertiary/aromatic N) is 4. The van der Waals surface area contributed by atoms with Crippen molar-refractivity contribution in [3.05, 3.63) is 63.1 Å². The Balaban J connectivity index is 0.00000433. The molecule has 3 fully saturated rings. The molecular formula is C35H48Cl2N6O4. The first-order chi connectivity index (χ1) is 22.3. The van der Waals surface area contributed by atoms with Crippen molar-refractivity contribution in [2.45, 2.75) is 71.1 Å². The topological polar surface area (TPSA) is 97.5 Å². The van der Waals surface area contributed by atoms with Crippen LogP contribution in [0.4, 0.5) is 15.3 Å². The first kappa shape index (κ1) is 35.3. The number of benzene rings is 2. The average molecular weight is 688 g/mol. The molecule has 0 spiro atoms. The molecule has 4 heterocycles. The Morgan fingerprint density at radius 1 is 0.894 bits per heavy atom. The van der Waals surface area contributed by atoms with Gasteiger partial charge < -0.3 is 30.1 Å². The molecule has 0 aromatic heterocycles. The standard InChI is InChI=1S/C34H44Cl2N6O4.CH4/c1-23-28(35)20-24(21-29(23)36)22-31(32(43)40-13-7-26(8-14-40)39-18-11-37-12-19-39)46-34(45)41-15-9-27(10-16-41)42-17-6-25-4-2-3-5-30(25)38-33(42)44;/h2-5,20-21,26-27,31,37H,6-19,22H2,1H3,(H,38,44);1H4/t31-;/m1./s1. The Morgan fingerprint density at radius 3 is 2.19 bits per heavy atom. The van der Waals surface area contributed by atoms with Crippen LogP contribution >= 0.6 is 23.2 Å². The van der Waals surface area contributed by atoms with Crippen molar-refractivity contribution in [1.29, 1.82) is 0 Å². The third kappa shape index (κ3) is 8.34. The van der Waals surface area contributed by atoms with E-state index in [1.54, 1.807) is 17.0 Å². The van der Waals surface area contributed by atoms with Gasteiger partial charge in [-0.25, -0.2) is 9.59 Å². The van der Waals surface area contributed by atoms with E-state index in [0.717, 1.165) is 67.8 Å². The first-order valence-electron chi connectivity index (χ1n) is 16.6. The van der Waals surface area contributed by atoms with E-state index in [2.05, 4.69) is 15.5 Å². The van der Waals surface area contributed by atoms with Gasteiger partial charge in [0.25, 0.3) is 5.91 Å². The van der Waals surface area contributed by atoms with Crippen molar-refractivity contribution >= 4 is 46.9 Å². The third-order valence-electron chi connectivity index (χ3n) is 10.0. The molecule has 4 aliphatic heterocycles. The molecule has 2 N–H and O–H groups in total. The SMILES string of the molecule is C.Cc1c(Cl)cc(C[C@@H](OC(=O)N2CCC(N3CCc4ccccc4NC3=O)CC2)C(=O)N2CCC(N3CCNCC3)CC2)cc1Cl. The van der Waals surface area contributed by atoms with Crippen LogP contribution in [0, 0.1) is 6.92 Å². The highest BCUT2D eigenvalue weighted by atomic mass is 35.5. The number of para-hydroxylation sites is 1. The molecule has 2 aromatic rings. The van der Waals surface area contributed by atoms with E-state index in [-0.39, 0.29) is 31.8 Å². The number of hydrogen-bond donors (Lipinski definition) is 2. The number of fused-ring (bicyclic) bond motifs is 1. The number of nitrogens with one attached hydrogen (secondary N) is 2. The number of urea groups is 1. The van der Waals surface area contributed by atoms with Crippen molar-refractivity contribution in [2.75, 3.05) is 64.2 Å². The molecule has 3 saturated heterocycles. The number of ether oxygens (including phenoxy) is 1. The molecule has 1 atom stereocenters. The molecular weight excluding hydrogens is 639 g/mol. The predicted octanol–water partition coefficient (Wildman–Crippen LogP) is 5.44. The second-order valence-electron chi connectivity index (χ2n) is 12.9. The smallest absolute Gasteiger partial charge is 0.410 e. The summed E-state index contributed by atoms with van der Waals surface area (Å²) in [6.45, 7) is 8.66. The summed E-state index contributed by atoms with van der Waals surface area (Å²) in [4.78, 5) is 48.5. The van der Waals surface area contributed by atoms with Gasteiger partial charge in [0.15, 0.2) is 6.10 Å². The maximum atomic E-state index is 14.0. The monoisotopic (exact) mass is 686 g/mol. The minimum atomic E-state index is -0.995. The van der Waals surface area contributed by atoms with Gasteiger partial charge in [-0.3, -0.25) is 9.69 Å². The molecule has 0 radical (unpaired) electrons. The number of carbonyl (C=O) groups excluding carboxylic acids is 3. The van der Waals surface area contributed by atoms with Gasteiger partial charge in [-0.05, 0) is 73.9 Å². The minimum Gasteiger partial charge on any atom is -0.436 e. The second-order valence-corrected chi connectivity index (χ2v) is 13.7. The summed E-state index contributed by atoms with van der Waals surface area (Å²) in [6, 6.07) is 11.9. The van der Waals surface area contributed by atoms with Crippen LogP contribution in [0.5, 0.6) is 0 Å². The number of halogens is 2. The summed E-state index contributed by atoms with van der Waals surface area (Å²) in [5, 5.41) is 7.48. The van der Waals surface area contributed by atoms with Crippen LogP contribution in [0.1, 0.15) is 49.8 Å². The summed E-state index contributed by atoms with van der Waals surface area (Å²) in [5.41, 5.74) is 3.50. The Kier molecular flexibility index (Phi) is 11.9. The van der Waals surface area contributed by atoms with Crippen molar-refractivity contribution in [3.63, 3.8) is 0 Å². The van der Waals surface area contributed by atoms with Gasteiger partial charge in [-0.2, -0.15) is 0 Å². The van der Waals surface area contributed by atoms with Gasteiger partial charge in [-0.1, -0.05) is 48.8 Å². The van der Waals surface area contributed by atoms with Crippen LogP contribution in [0.25, 0.3) is 0 Å². The van der Waals surface area contributed by atoms with E-state index >= 15 is 0 Å². The fraction of sp³-hybridized carbons (Fsp3) is 0.571. The zero-order chi connectivity index (χ0) is 32.2. The average Bonchev–Trinajstić information content (AvgIpc) is 3.25. The van der Waals surface area contributed by atoms with E-state index < -0.39 is 12.2 Å². The lowest BCUT2D eigenvalue weighted by molar-refractivity contribution is -0.142. The Labute approximate surface area is 288 Å². The summed E-state index contributed by atoms with van der Waals surface area (Å²) >= 11 is 12.9. The predicted molar refractivity (Wildman–Crippen MR) is 186 cm³/mol. The first-order valence-corrected chi connectivity index (χ1v) is 17.3. The number of rotatable bonds is 6. The van der Waals surface area contributed by atoms with Crippen LogP contribution < -0.4 is 10.6 Å². The fourth-order valence-electron chi connectivity index (χ4n) is 7.21. The fourth-order valence-corrected chi connectivity index (χ4v) is 7.74. The number of amides is 4. The van der Waals surface area contributed by atoms with Crippen molar-refractivity contribution in [3.8, 4) is 0 Å². The molecule has 10 nitrogen and oxygen atoms in total. The number of hydrogen-bond acceptors (Lipinski definition) is 6. The molecule has 256 valence electrons. The Morgan fingerprint density at radius 2 is 1.51 bits per heavy atom. The Hall–Kier alpha value is -3.05. The number of likely N-dealkylation sites (tertiary alicyclic amines) is 2. The Bertz CT molecular complexity index is 1400. The highest BCUT2D eigenvalue weighted by molar-refractivity contribution is 6.36. The largest absolute Gasteiger partial charge is 0.436 e. The molecule has 4 aliphatic rings. The maximum Gasteiger partial charge on any atom is 0.410 e. The lowest BCUT2D eigenvalue weighted by Gasteiger charge is -2.41. The van der Waals surface area contributed by atoms with E-state index in [1.165, 1.54) is 0 Å². The zero-order valence-corrected chi connectivity index (χ0v) is 28.0. The summed E-state index contributed by atoms with van der Waals surface area (Å²) in [5.74, 6) is -0.185. The minimum absolute atomic E-state index is 0.